The van der Waals surface area contributed by atoms with Gasteiger partial charge in [0.15, 0.2) is 0 Å². The van der Waals surface area contributed by atoms with Gasteiger partial charge in [-0.2, -0.15) is 0 Å². The molecule has 0 unspecified atom stereocenters. The molecule has 0 aromatic rings. The Hall–Kier alpha value is -1.43. The summed E-state index contributed by atoms with van der Waals surface area (Å²) in [6.45, 7) is 0.571. The lowest BCUT2D eigenvalue weighted by Crippen LogP contribution is -2.52. The van der Waals surface area contributed by atoms with Gasteiger partial charge in [0.25, 0.3) is 0 Å². The quantitative estimate of drug-likeness (QED) is 0.743. The van der Waals surface area contributed by atoms with Crippen LogP contribution in [0, 0.1) is 5.92 Å². The van der Waals surface area contributed by atoms with Crippen LogP contribution in [0.2, 0.25) is 0 Å². The number of amides is 2. The molecule has 6 heteroatoms. The smallest absolute Gasteiger partial charge is 0.249 e. The molecule has 0 aromatic carbocycles. The Kier molecular flexibility index (Phi) is 4.52. The molecule has 2 amide bonds. The molecule has 0 aromatic heterocycles. The predicted octanol–water partition coefficient (Wildman–Crippen LogP) is -0.105. The standard InChI is InChI=1S/C13H20N2O4/c14-12(17)11(8-3-1-4-9(16)7-8)15-13(18)10-5-2-6-19-10/h8,10-11H,1-7H2,(H2,14,17)(H,15,18)/t8-,10-,11+/m1/s1. The van der Waals surface area contributed by atoms with E-state index in [0.717, 1.165) is 19.3 Å². The number of carbonyl (C=O) groups excluding carboxylic acids is 3. The first-order valence-corrected chi connectivity index (χ1v) is 6.81. The predicted molar refractivity (Wildman–Crippen MR) is 67.1 cm³/mol. The summed E-state index contributed by atoms with van der Waals surface area (Å²) >= 11 is 0. The van der Waals surface area contributed by atoms with Gasteiger partial charge < -0.3 is 15.8 Å². The maximum absolute atomic E-state index is 12.0. The van der Waals surface area contributed by atoms with Crippen molar-refractivity contribution in [3.8, 4) is 0 Å². The van der Waals surface area contributed by atoms with Crippen molar-refractivity contribution in [2.75, 3.05) is 6.61 Å². The monoisotopic (exact) mass is 268 g/mol. The molecule has 3 N–H and O–H groups in total. The lowest BCUT2D eigenvalue weighted by molar-refractivity contribution is -0.135. The van der Waals surface area contributed by atoms with E-state index in [4.69, 9.17) is 10.5 Å². The minimum atomic E-state index is -0.763. The van der Waals surface area contributed by atoms with Gasteiger partial charge in [0, 0.05) is 19.4 Å². The maximum atomic E-state index is 12.0. The highest BCUT2D eigenvalue weighted by Crippen LogP contribution is 2.24. The van der Waals surface area contributed by atoms with Crippen molar-refractivity contribution in [3.63, 3.8) is 0 Å². The van der Waals surface area contributed by atoms with Gasteiger partial charge in [-0.25, -0.2) is 0 Å². The summed E-state index contributed by atoms with van der Waals surface area (Å²) in [5.41, 5.74) is 5.35. The molecule has 0 radical (unpaired) electrons. The third kappa shape index (κ3) is 3.53. The van der Waals surface area contributed by atoms with E-state index in [0.29, 0.717) is 25.9 Å². The Morgan fingerprint density at radius 3 is 2.68 bits per heavy atom. The van der Waals surface area contributed by atoms with E-state index < -0.39 is 18.1 Å². The Morgan fingerprint density at radius 1 is 1.32 bits per heavy atom. The van der Waals surface area contributed by atoms with Crippen LogP contribution in [-0.2, 0) is 19.1 Å². The van der Waals surface area contributed by atoms with Crippen LogP contribution < -0.4 is 11.1 Å². The zero-order chi connectivity index (χ0) is 13.8. The molecule has 1 aliphatic heterocycles. The van der Waals surface area contributed by atoms with Gasteiger partial charge in [-0.3, -0.25) is 14.4 Å². The lowest BCUT2D eigenvalue weighted by atomic mass is 9.82. The van der Waals surface area contributed by atoms with Crippen LogP contribution in [-0.4, -0.2) is 36.4 Å². The van der Waals surface area contributed by atoms with Crippen molar-refractivity contribution in [3.05, 3.63) is 0 Å². The summed E-state index contributed by atoms with van der Waals surface area (Å²) in [4.78, 5) is 34.9. The number of rotatable bonds is 4. The molecule has 6 nitrogen and oxygen atoms in total. The third-order valence-corrected chi connectivity index (χ3v) is 3.82. The molecule has 1 aliphatic carbocycles. The van der Waals surface area contributed by atoms with Gasteiger partial charge in [0.1, 0.15) is 17.9 Å². The molecule has 0 bridgehead atoms. The second-order valence-electron chi connectivity index (χ2n) is 5.29. The van der Waals surface area contributed by atoms with Crippen molar-refractivity contribution in [1.29, 1.82) is 0 Å². The summed E-state index contributed by atoms with van der Waals surface area (Å²) in [7, 11) is 0. The van der Waals surface area contributed by atoms with Gasteiger partial charge in [0.2, 0.25) is 11.8 Å². The van der Waals surface area contributed by atoms with E-state index in [-0.39, 0.29) is 17.6 Å². The number of hydrogen-bond donors (Lipinski definition) is 2. The molecular formula is C13H20N2O4. The van der Waals surface area contributed by atoms with E-state index in [9.17, 15) is 14.4 Å². The summed E-state index contributed by atoms with van der Waals surface area (Å²) in [5, 5.41) is 2.66. The van der Waals surface area contributed by atoms with Crippen molar-refractivity contribution >= 4 is 17.6 Å². The molecule has 1 saturated heterocycles. The molecule has 3 atom stereocenters. The molecular weight excluding hydrogens is 248 g/mol. The van der Waals surface area contributed by atoms with Crippen molar-refractivity contribution in [2.45, 2.75) is 50.7 Å². The number of primary amides is 1. The molecule has 19 heavy (non-hydrogen) atoms. The number of nitrogens with two attached hydrogens (primary N) is 1. The van der Waals surface area contributed by atoms with E-state index in [1.54, 1.807) is 0 Å². The first-order chi connectivity index (χ1) is 9.08. The number of Topliss-reactive ketones (excluding diaryl/α,β-unsaturated/α-hetero) is 1. The number of hydrogen-bond acceptors (Lipinski definition) is 4. The Labute approximate surface area is 112 Å². The average molecular weight is 268 g/mol. The minimum Gasteiger partial charge on any atom is -0.368 e. The fraction of sp³-hybridized carbons (Fsp3) is 0.769. The Morgan fingerprint density at radius 2 is 2.11 bits per heavy atom. The first-order valence-electron chi connectivity index (χ1n) is 6.81. The summed E-state index contributed by atoms with van der Waals surface area (Å²) in [6.07, 6.45) is 3.40. The summed E-state index contributed by atoms with van der Waals surface area (Å²) in [5.74, 6) is -0.914. The summed E-state index contributed by atoms with van der Waals surface area (Å²) in [6, 6.07) is -0.763. The summed E-state index contributed by atoms with van der Waals surface area (Å²) < 4.78 is 5.27. The van der Waals surface area contributed by atoms with Crippen molar-refractivity contribution < 1.29 is 19.1 Å². The second-order valence-corrected chi connectivity index (χ2v) is 5.29. The Balaban J connectivity index is 1.97. The molecule has 0 spiro atoms. The largest absolute Gasteiger partial charge is 0.368 e. The van der Waals surface area contributed by atoms with Crippen LogP contribution in [0.5, 0.6) is 0 Å². The normalized spacial score (nSPS) is 28.9. The highest BCUT2D eigenvalue weighted by molar-refractivity contribution is 5.89. The Bertz CT molecular complexity index is 377. The van der Waals surface area contributed by atoms with Gasteiger partial charge >= 0.3 is 0 Å². The molecule has 106 valence electrons. The molecule has 2 fully saturated rings. The first kappa shape index (κ1) is 14.0. The number of ether oxygens (including phenoxy) is 1. The van der Waals surface area contributed by atoms with Gasteiger partial charge in [-0.15, -0.1) is 0 Å². The molecule has 1 heterocycles. The van der Waals surface area contributed by atoms with E-state index in [2.05, 4.69) is 5.32 Å². The third-order valence-electron chi connectivity index (χ3n) is 3.82. The fourth-order valence-corrected chi connectivity index (χ4v) is 2.79. The van der Waals surface area contributed by atoms with Crippen LogP contribution in [0.3, 0.4) is 0 Å². The van der Waals surface area contributed by atoms with E-state index in [1.807, 2.05) is 0 Å². The molecule has 2 rings (SSSR count). The van der Waals surface area contributed by atoms with Crippen LogP contribution in [0.15, 0.2) is 0 Å². The average Bonchev–Trinajstić information content (AvgIpc) is 2.89. The van der Waals surface area contributed by atoms with Crippen LogP contribution in [0.4, 0.5) is 0 Å². The fourth-order valence-electron chi connectivity index (χ4n) is 2.79. The SMILES string of the molecule is NC(=O)[C@@H](NC(=O)[C@H]1CCCO1)[C@@H]1CCCC(=O)C1. The van der Waals surface area contributed by atoms with Gasteiger partial charge in [-0.1, -0.05) is 0 Å². The van der Waals surface area contributed by atoms with Crippen LogP contribution >= 0.6 is 0 Å². The van der Waals surface area contributed by atoms with E-state index >= 15 is 0 Å². The minimum absolute atomic E-state index is 0.133. The highest BCUT2D eigenvalue weighted by atomic mass is 16.5. The maximum Gasteiger partial charge on any atom is 0.249 e. The zero-order valence-corrected chi connectivity index (χ0v) is 10.9. The number of carbonyl (C=O) groups is 3. The van der Waals surface area contributed by atoms with Gasteiger partial charge in [-0.05, 0) is 31.6 Å². The molecule has 1 saturated carbocycles. The van der Waals surface area contributed by atoms with Crippen molar-refractivity contribution in [2.24, 2.45) is 11.7 Å². The lowest BCUT2D eigenvalue weighted by Gasteiger charge is -2.28. The van der Waals surface area contributed by atoms with E-state index in [1.165, 1.54) is 0 Å². The van der Waals surface area contributed by atoms with Crippen LogP contribution in [0.25, 0.3) is 0 Å². The zero-order valence-electron chi connectivity index (χ0n) is 10.9. The number of nitrogens with one attached hydrogen (secondary N) is 1. The second kappa shape index (κ2) is 6.14. The van der Waals surface area contributed by atoms with Crippen LogP contribution in [0.1, 0.15) is 38.5 Å². The number of ketones is 1. The molecule has 2 aliphatic rings. The highest BCUT2D eigenvalue weighted by Gasteiger charge is 2.34. The topological polar surface area (TPSA) is 98.5 Å². The van der Waals surface area contributed by atoms with Gasteiger partial charge in [0.05, 0.1) is 0 Å². The van der Waals surface area contributed by atoms with Crippen molar-refractivity contribution in [1.82, 2.24) is 5.32 Å².